The Morgan fingerprint density at radius 2 is 0.963 bits per heavy atom. The molecule has 0 heterocycles. The molecule has 0 aliphatic heterocycles. The van der Waals surface area contributed by atoms with E-state index in [1.807, 2.05) is 0 Å². The Morgan fingerprint density at radius 3 is 1.37 bits per heavy atom. The summed E-state index contributed by atoms with van der Waals surface area (Å²) in [7, 11) is 0. The van der Waals surface area contributed by atoms with E-state index in [-0.39, 0.29) is 5.69 Å². The van der Waals surface area contributed by atoms with Crippen molar-refractivity contribution in [3.05, 3.63) is 30.3 Å². The first-order valence-corrected chi connectivity index (χ1v) is 6.57. The summed E-state index contributed by atoms with van der Waals surface area (Å²) < 4.78 is 167. The average molecular weight is 425 g/mol. The summed E-state index contributed by atoms with van der Waals surface area (Å²) in [6, 6.07) is 5.61. The van der Waals surface area contributed by atoms with Gasteiger partial charge < -0.3 is 5.32 Å². The van der Waals surface area contributed by atoms with Gasteiger partial charge >= 0.3 is 35.8 Å². The molecule has 14 heteroatoms. The van der Waals surface area contributed by atoms with Crippen molar-refractivity contribution < 1.29 is 57.1 Å². The largest absolute Gasteiger partial charge is 0.460 e. The fourth-order valence-corrected chi connectivity index (χ4v) is 1.68. The minimum Gasteiger partial charge on any atom is -0.379 e. The van der Waals surface area contributed by atoms with Gasteiger partial charge in [-0.05, 0) is 12.1 Å². The second kappa shape index (κ2) is 6.62. The van der Waals surface area contributed by atoms with Crippen LogP contribution in [0.4, 0.5) is 62.8 Å². The molecule has 156 valence electrons. The highest BCUT2D eigenvalue weighted by molar-refractivity contribution is 5.42. The lowest BCUT2D eigenvalue weighted by atomic mass is 9.94. The van der Waals surface area contributed by atoms with E-state index >= 15 is 0 Å². The van der Waals surface area contributed by atoms with Crippen molar-refractivity contribution in [2.24, 2.45) is 0 Å². The summed E-state index contributed by atoms with van der Waals surface area (Å²) in [5.41, 5.74) is -0.372. The summed E-state index contributed by atoms with van der Waals surface area (Å²) in [5, 5.41) is 1.47. The molecule has 0 radical (unpaired) electrons. The number of anilines is 1. The predicted octanol–water partition coefficient (Wildman–Crippen LogP) is 5.84. The van der Waals surface area contributed by atoms with Crippen molar-refractivity contribution in [1.29, 1.82) is 0 Å². The highest BCUT2D eigenvalue weighted by Crippen LogP contribution is 2.60. The molecule has 1 N–H and O–H groups in total. The van der Waals surface area contributed by atoms with Crippen LogP contribution in [0.2, 0.25) is 0 Å². The van der Waals surface area contributed by atoms with Gasteiger partial charge in [-0.1, -0.05) is 18.2 Å². The van der Waals surface area contributed by atoms with Crippen molar-refractivity contribution in [2.75, 3.05) is 11.9 Å². The normalized spacial score (nSPS) is 15.0. The molecule has 0 saturated carbocycles. The molecule has 1 rings (SSSR count). The number of para-hydroxylation sites is 1. The summed E-state index contributed by atoms with van der Waals surface area (Å²) in [5.74, 6) is -36.8. The lowest BCUT2D eigenvalue weighted by Gasteiger charge is -2.39. The van der Waals surface area contributed by atoms with Crippen molar-refractivity contribution in [2.45, 2.75) is 35.8 Å². The Balaban J connectivity index is 3.24. The second-order valence-corrected chi connectivity index (χ2v) is 5.22. The lowest BCUT2D eigenvalue weighted by Crippen LogP contribution is -2.70. The molecule has 0 aliphatic rings. The van der Waals surface area contributed by atoms with Crippen LogP contribution in [0.5, 0.6) is 0 Å². The molecule has 0 saturated heterocycles. The van der Waals surface area contributed by atoms with Crippen LogP contribution in [0, 0.1) is 0 Å². The third kappa shape index (κ3) is 3.61. The maximum Gasteiger partial charge on any atom is 0.460 e. The van der Waals surface area contributed by atoms with Crippen LogP contribution in [-0.2, 0) is 0 Å². The molecule has 0 aromatic heterocycles. The standard InChI is InChI=1S/C13H8F13N/c14-8(15,6-27-7-4-2-1-3-5-7)9(16,17)10(18,19)11(20,21)12(22,23)13(24,25)26/h1-5,27H,6H2. The van der Waals surface area contributed by atoms with Crippen LogP contribution in [0.3, 0.4) is 0 Å². The highest BCUT2D eigenvalue weighted by Gasteiger charge is 2.90. The quantitative estimate of drug-likeness (QED) is 0.542. The average Bonchev–Trinajstić information content (AvgIpc) is 2.52. The third-order valence-corrected chi connectivity index (χ3v) is 3.29. The van der Waals surface area contributed by atoms with Crippen molar-refractivity contribution >= 4 is 5.69 Å². The number of halogens is 13. The zero-order valence-corrected chi connectivity index (χ0v) is 12.5. The first kappa shape index (κ1) is 23.1. The number of benzene rings is 1. The summed E-state index contributed by atoms with van der Waals surface area (Å²) >= 11 is 0. The summed E-state index contributed by atoms with van der Waals surface area (Å²) in [6.45, 7) is -2.47. The second-order valence-electron chi connectivity index (χ2n) is 5.22. The molecule has 27 heavy (non-hydrogen) atoms. The van der Waals surface area contributed by atoms with E-state index in [9.17, 15) is 57.1 Å². The first-order chi connectivity index (χ1) is 11.8. The number of hydrogen-bond acceptors (Lipinski definition) is 1. The molecule has 0 aliphatic carbocycles. The topological polar surface area (TPSA) is 12.0 Å². The van der Waals surface area contributed by atoms with Crippen molar-refractivity contribution in [3.8, 4) is 0 Å². The lowest BCUT2D eigenvalue weighted by molar-refractivity contribution is -0.438. The van der Waals surface area contributed by atoms with E-state index < -0.39 is 42.3 Å². The van der Waals surface area contributed by atoms with E-state index in [4.69, 9.17) is 0 Å². The molecule has 0 atom stereocenters. The summed E-state index contributed by atoms with van der Waals surface area (Å²) in [6.07, 6.45) is -7.41. The molecule has 1 aromatic rings. The van der Waals surface area contributed by atoms with E-state index in [2.05, 4.69) is 0 Å². The monoisotopic (exact) mass is 425 g/mol. The molecule has 0 spiro atoms. The van der Waals surface area contributed by atoms with Gasteiger partial charge in [0.2, 0.25) is 0 Å². The maximum absolute atomic E-state index is 13.4. The van der Waals surface area contributed by atoms with Crippen LogP contribution in [0.25, 0.3) is 0 Å². The van der Waals surface area contributed by atoms with Gasteiger partial charge in [-0.15, -0.1) is 0 Å². The predicted molar refractivity (Wildman–Crippen MR) is 65.7 cm³/mol. The number of nitrogens with one attached hydrogen (secondary N) is 1. The van der Waals surface area contributed by atoms with Gasteiger partial charge in [-0.3, -0.25) is 0 Å². The number of rotatable bonds is 7. The van der Waals surface area contributed by atoms with Gasteiger partial charge in [0, 0.05) is 5.69 Å². The Morgan fingerprint density at radius 1 is 0.556 bits per heavy atom. The van der Waals surface area contributed by atoms with Crippen LogP contribution < -0.4 is 5.32 Å². The minimum absolute atomic E-state index is 0.372. The van der Waals surface area contributed by atoms with E-state index in [1.165, 1.54) is 23.5 Å². The molecule has 1 aromatic carbocycles. The Hall–Kier alpha value is -1.89. The van der Waals surface area contributed by atoms with Gasteiger partial charge in [-0.25, -0.2) is 0 Å². The number of hydrogen-bond donors (Lipinski definition) is 1. The smallest absolute Gasteiger partial charge is 0.379 e. The first-order valence-electron chi connectivity index (χ1n) is 6.57. The zero-order chi connectivity index (χ0) is 21.5. The van der Waals surface area contributed by atoms with Crippen LogP contribution in [0.1, 0.15) is 0 Å². The maximum atomic E-state index is 13.4. The molecule has 1 nitrogen and oxygen atoms in total. The van der Waals surface area contributed by atoms with Crippen molar-refractivity contribution in [1.82, 2.24) is 0 Å². The van der Waals surface area contributed by atoms with Gasteiger partial charge in [0.1, 0.15) is 0 Å². The molecule has 0 amide bonds. The van der Waals surface area contributed by atoms with E-state index in [1.54, 1.807) is 0 Å². The fourth-order valence-electron chi connectivity index (χ4n) is 1.68. The van der Waals surface area contributed by atoms with Gasteiger partial charge in [0.25, 0.3) is 0 Å². The minimum atomic E-state index is -7.88. The van der Waals surface area contributed by atoms with Gasteiger partial charge in [-0.2, -0.15) is 57.1 Å². The van der Waals surface area contributed by atoms with Gasteiger partial charge in [0.15, 0.2) is 0 Å². The third-order valence-electron chi connectivity index (χ3n) is 3.29. The van der Waals surface area contributed by atoms with E-state index in [0.29, 0.717) is 0 Å². The Labute approximate surface area is 142 Å². The van der Waals surface area contributed by atoms with Crippen LogP contribution in [-0.4, -0.2) is 42.3 Å². The Kier molecular flexibility index (Phi) is 5.67. The Bertz CT molecular complexity index is 635. The molecule has 0 unspecified atom stereocenters. The SMILES string of the molecule is FC(F)(F)C(F)(F)C(F)(F)C(F)(F)C(F)(F)C(F)(F)CNc1ccccc1. The summed E-state index contributed by atoms with van der Waals surface area (Å²) in [4.78, 5) is 0. The molecule has 0 bridgehead atoms. The van der Waals surface area contributed by atoms with Crippen LogP contribution >= 0.6 is 0 Å². The molecular formula is C13H8F13N. The number of alkyl halides is 13. The fraction of sp³-hybridized carbons (Fsp3) is 0.538. The van der Waals surface area contributed by atoms with Crippen molar-refractivity contribution in [3.63, 3.8) is 0 Å². The highest BCUT2D eigenvalue weighted by atomic mass is 19.4. The molecule has 0 fully saturated rings. The van der Waals surface area contributed by atoms with E-state index in [0.717, 1.165) is 12.1 Å². The van der Waals surface area contributed by atoms with Gasteiger partial charge in [0.05, 0.1) is 6.54 Å². The van der Waals surface area contributed by atoms with Crippen LogP contribution in [0.15, 0.2) is 30.3 Å². The molecular weight excluding hydrogens is 417 g/mol. The zero-order valence-electron chi connectivity index (χ0n) is 12.5.